The zero-order valence-electron chi connectivity index (χ0n) is 19.1. The highest BCUT2D eigenvalue weighted by Gasteiger charge is 2.14. The van der Waals surface area contributed by atoms with Crippen molar-refractivity contribution >= 4 is 28.9 Å². The highest BCUT2D eigenvalue weighted by atomic mass is 32.2. The fourth-order valence-corrected chi connectivity index (χ4v) is 4.61. The number of hydrogen-bond acceptors (Lipinski definition) is 7. The highest BCUT2D eigenvalue weighted by Crippen LogP contribution is 2.19. The number of aryl methyl sites for hydroxylation is 4. The Bertz CT molecular complexity index is 1370. The van der Waals surface area contributed by atoms with Gasteiger partial charge in [-0.05, 0) is 51.0 Å². The van der Waals surface area contributed by atoms with Crippen molar-refractivity contribution in [2.45, 2.75) is 45.5 Å². The predicted octanol–water partition coefficient (Wildman–Crippen LogP) is 3.26. The number of thioether (sulfide) groups is 1. The van der Waals surface area contributed by atoms with Gasteiger partial charge in [0.25, 0.3) is 5.56 Å². The van der Waals surface area contributed by atoms with Gasteiger partial charge < -0.3 is 5.11 Å². The molecule has 1 atom stereocenters. The van der Waals surface area contributed by atoms with Crippen LogP contribution in [0.1, 0.15) is 28.1 Å². The van der Waals surface area contributed by atoms with Crippen LogP contribution in [-0.4, -0.2) is 47.6 Å². The molecule has 0 aliphatic rings. The molecule has 0 saturated heterocycles. The van der Waals surface area contributed by atoms with Crippen molar-refractivity contribution in [2.24, 2.45) is 5.10 Å². The van der Waals surface area contributed by atoms with E-state index < -0.39 is 6.10 Å². The lowest BCUT2D eigenvalue weighted by Crippen LogP contribution is -2.28. The van der Waals surface area contributed by atoms with Crippen LogP contribution in [0.5, 0.6) is 0 Å². The lowest BCUT2D eigenvalue weighted by Gasteiger charge is -2.12. The molecular formula is C24H26N6O2S. The third-order valence-electron chi connectivity index (χ3n) is 5.35. The molecule has 4 aromatic rings. The third kappa shape index (κ3) is 5.04. The summed E-state index contributed by atoms with van der Waals surface area (Å²) in [6, 6.07) is 11.4. The fourth-order valence-electron chi connectivity index (χ4n) is 3.76. The lowest BCUT2D eigenvalue weighted by atomic mass is 10.0. The van der Waals surface area contributed by atoms with Crippen molar-refractivity contribution in [3.63, 3.8) is 0 Å². The van der Waals surface area contributed by atoms with E-state index in [-0.39, 0.29) is 12.1 Å². The molecule has 0 radical (unpaired) electrons. The minimum Gasteiger partial charge on any atom is -0.390 e. The number of benzene rings is 2. The second-order valence-electron chi connectivity index (χ2n) is 8.08. The Balaban J connectivity index is 1.47. The molecule has 0 aliphatic carbocycles. The molecule has 2 heterocycles. The van der Waals surface area contributed by atoms with Crippen LogP contribution in [0.3, 0.4) is 0 Å². The normalized spacial score (nSPS) is 12.6. The third-order valence-corrected chi connectivity index (χ3v) is 6.42. The van der Waals surface area contributed by atoms with Gasteiger partial charge in [0.15, 0.2) is 5.82 Å². The smallest absolute Gasteiger partial charge is 0.261 e. The number of rotatable bonds is 7. The second kappa shape index (κ2) is 9.68. The van der Waals surface area contributed by atoms with Crippen LogP contribution in [-0.2, 0) is 6.54 Å². The summed E-state index contributed by atoms with van der Waals surface area (Å²) in [7, 11) is 0. The van der Waals surface area contributed by atoms with Gasteiger partial charge in [-0.2, -0.15) is 9.78 Å². The molecule has 1 N–H and O–H groups in total. The van der Waals surface area contributed by atoms with Gasteiger partial charge in [0.1, 0.15) is 0 Å². The minimum absolute atomic E-state index is 0.141. The Hall–Kier alpha value is -3.30. The molecule has 8 nitrogen and oxygen atoms in total. The summed E-state index contributed by atoms with van der Waals surface area (Å²) in [5, 5.41) is 24.6. The first kappa shape index (κ1) is 22.9. The Morgan fingerprint density at radius 3 is 2.61 bits per heavy atom. The van der Waals surface area contributed by atoms with Crippen LogP contribution in [0.2, 0.25) is 0 Å². The quantitative estimate of drug-likeness (QED) is 0.334. The molecule has 9 heteroatoms. The van der Waals surface area contributed by atoms with Crippen LogP contribution >= 0.6 is 11.8 Å². The molecule has 1 unspecified atom stereocenters. The van der Waals surface area contributed by atoms with E-state index in [1.165, 1.54) is 28.2 Å². The molecule has 0 aliphatic heterocycles. The number of hydrogen-bond donors (Lipinski definition) is 1. The van der Waals surface area contributed by atoms with Gasteiger partial charge in [0.2, 0.25) is 5.16 Å². The van der Waals surface area contributed by atoms with Crippen molar-refractivity contribution in [3.05, 3.63) is 81.2 Å². The summed E-state index contributed by atoms with van der Waals surface area (Å²) in [4.78, 5) is 17.0. The van der Waals surface area contributed by atoms with Crippen LogP contribution < -0.4 is 5.56 Å². The van der Waals surface area contributed by atoms with Crippen molar-refractivity contribution in [3.8, 4) is 0 Å². The topological polar surface area (TPSA) is 98.2 Å². The first-order valence-corrected chi connectivity index (χ1v) is 11.6. The zero-order valence-corrected chi connectivity index (χ0v) is 19.9. The molecule has 33 heavy (non-hydrogen) atoms. The number of fused-ring (bicyclic) bond motifs is 1. The van der Waals surface area contributed by atoms with Crippen molar-refractivity contribution in [2.75, 3.05) is 5.75 Å². The van der Waals surface area contributed by atoms with Gasteiger partial charge in [-0.25, -0.2) is 4.98 Å². The van der Waals surface area contributed by atoms with E-state index >= 15 is 0 Å². The van der Waals surface area contributed by atoms with E-state index in [0.717, 1.165) is 16.7 Å². The first-order chi connectivity index (χ1) is 15.8. The number of aromatic nitrogens is 5. The lowest BCUT2D eigenvalue weighted by molar-refractivity contribution is 0.176. The molecule has 4 rings (SSSR count). The SMILES string of the molecule is Cc1cc(C)c(/C=N\n2c(C)nnc2SCC(O)Cn2cnc3ccccc3c2=O)c(C)c1. The van der Waals surface area contributed by atoms with Gasteiger partial charge in [0, 0.05) is 11.3 Å². The maximum Gasteiger partial charge on any atom is 0.261 e. The molecule has 170 valence electrons. The molecule has 0 bridgehead atoms. The summed E-state index contributed by atoms with van der Waals surface area (Å²) in [6.07, 6.45) is 2.52. The van der Waals surface area contributed by atoms with E-state index in [1.807, 2.05) is 19.2 Å². The molecule has 0 spiro atoms. The van der Waals surface area contributed by atoms with E-state index in [0.29, 0.717) is 27.6 Å². The van der Waals surface area contributed by atoms with Crippen LogP contribution in [0, 0.1) is 27.7 Å². The highest BCUT2D eigenvalue weighted by molar-refractivity contribution is 7.99. The molecule has 0 amide bonds. The van der Waals surface area contributed by atoms with Gasteiger partial charge in [-0.15, -0.1) is 10.2 Å². The van der Waals surface area contributed by atoms with Gasteiger partial charge in [-0.3, -0.25) is 9.36 Å². The summed E-state index contributed by atoms with van der Waals surface area (Å²) in [5.41, 5.74) is 5.06. The molecular weight excluding hydrogens is 436 g/mol. The number of aliphatic hydroxyl groups is 1. The predicted molar refractivity (Wildman–Crippen MR) is 131 cm³/mol. The van der Waals surface area contributed by atoms with Gasteiger partial charge in [0.05, 0.1) is 36.1 Å². The standard InChI is InChI=1S/C24H26N6O2S/c1-15-9-16(2)21(17(3)10-15)11-26-30-18(4)27-28-24(30)33-13-19(31)12-29-14-25-22-8-6-5-7-20(22)23(29)32/h5-11,14,19,31H,12-13H2,1-4H3/b26-11-. The average Bonchev–Trinajstić information content (AvgIpc) is 3.13. The Kier molecular flexibility index (Phi) is 6.71. The maximum absolute atomic E-state index is 12.7. The molecule has 0 fully saturated rings. The molecule has 0 saturated carbocycles. The van der Waals surface area contributed by atoms with E-state index in [9.17, 15) is 9.90 Å². The second-order valence-corrected chi connectivity index (χ2v) is 9.07. The van der Waals surface area contributed by atoms with Crippen LogP contribution in [0.15, 0.2) is 57.8 Å². The maximum atomic E-state index is 12.7. The van der Waals surface area contributed by atoms with Crippen LogP contribution in [0.4, 0.5) is 0 Å². The number of nitrogens with zero attached hydrogens (tertiary/aromatic N) is 6. The van der Waals surface area contributed by atoms with Crippen molar-refractivity contribution in [1.29, 1.82) is 0 Å². The summed E-state index contributed by atoms with van der Waals surface area (Å²) < 4.78 is 3.10. The number of aliphatic hydroxyl groups excluding tert-OH is 1. The molecule has 2 aromatic heterocycles. The Morgan fingerprint density at radius 2 is 1.85 bits per heavy atom. The zero-order chi connectivity index (χ0) is 23.5. The first-order valence-electron chi connectivity index (χ1n) is 10.6. The molecule has 2 aromatic carbocycles. The summed E-state index contributed by atoms with van der Waals surface area (Å²) >= 11 is 1.34. The number of para-hydroxylation sites is 1. The van der Waals surface area contributed by atoms with Crippen LogP contribution in [0.25, 0.3) is 10.9 Å². The fraction of sp³-hybridized carbons (Fsp3) is 0.292. The monoisotopic (exact) mass is 462 g/mol. The van der Waals surface area contributed by atoms with E-state index in [1.54, 1.807) is 22.9 Å². The largest absolute Gasteiger partial charge is 0.390 e. The average molecular weight is 463 g/mol. The van der Waals surface area contributed by atoms with Crippen molar-refractivity contribution < 1.29 is 5.11 Å². The van der Waals surface area contributed by atoms with Crippen molar-refractivity contribution in [1.82, 2.24) is 24.4 Å². The minimum atomic E-state index is -0.772. The van der Waals surface area contributed by atoms with E-state index in [2.05, 4.69) is 53.2 Å². The van der Waals surface area contributed by atoms with Gasteiger partial charge >= 0.3 is 0 Å². The summed E-state index contributed by atoms with van der Waals surface area (Å²) in [5.74, 6) is 0.982. The van der Waals surface area contributed by atoms with E-state index in [4.69, 9.17) is 0 Å². The Labute approximate surface area is 196 Å². The Morgan fingerprint density at radius 1 is 1.12 bits per heavy atom. The van der Waals surface area contributed by atoms with Gasteiger partial charge in [-0.1, -0.05) is 41.6 Å². The summed E-state index contributed by atoms with van der Waals surface area (Å²) in [6.45, 7) is 8.18.